The number of benzene rings is 2. The molecule has 1 heterocycles. The molecule has 0 radical (unpaired) electrons. The third-order valence-corrected chi connectivity index (χ3v) is 5.34. The van der Waals surface area contributed by atoms with Crippen LogP contribution in [0.3, 0.4) is 0 Å². The van der Waals surface area contributed by atoms with Gasteiger partial charge in [-0.05, 0) is 62.2 Å². The van der Waals surface area contributed by atoms with Crippen LogP contribution in [0.1, 0.15) is 11.6 Å². The number of carbonyl (C=O) groups excluding carboxylic acids is 1. The van der Waals surface area contributed by atoms with Gasteiger partial charge in [0.25, 0.3) is 5.91 Å². The summed E-state index contributed by atoms with van der Waals surface area (Å²) >= 11 is 13.9. The van der Waals surface area contributed by atoms with Crippen molar-refractivity contribution in [1.29, 1.82) is 0 Å². The molecule has 2 aromatic carbocycles. The molecular weight excluding hydrogens is 532 g/mol. The van der Waals surface area contributed by atoms with Gasteiger partial charge in [0.2, 0.25) is 0 Å². The average molecular weight is 540 g/mol. The molecular formula is C14H8Br4N2O. The van der Waals surface area contributed by atoms with Crippen LogP contribution in [-0.2, 0) is 4.79 Å². The topological polar surface area (TPSA) is 41.1 Å². The summed E-state index contributed by atoms with van der Waals surface area (Å²) in [4.78, 5) is 12.2. The maximum Gasteiger partial charge on any atom is 0.251 e. The van der Waals surface area contributed by atoms with Gasteiger partial charge in [-0.2, -0.15) is 0 Å². The van der Waals surface area contributed by atoms with Gasteiger partial charge in [0.15, 0.2) is 0 Å². The monoisotopic (exact) mass is 536 g/mol. The first kappa shape index (κ1) is 15.5. The molecule has 0 fully saturated rings. The Hall–Kier alpha value is -0.370. The second-order valence-corrected chi connectivity index (χ2v) is 8.08. The predicted octanol–water partition coefficient (Wildman–Crippen LogP) is 5.84. The molecule has 1 unspecified atom stereocenters. The van der Waals surface area contributed by atoms with Crippen LogP contribution in [-0.4, -0.2) is 5.91 Å². The molecule has 108 valence electrons. The van der Waals surface area contributed by atoms with E-state index in [0.717, 1.165) is 34.8 Å². The van der Waals surface area contributed by atoms with Crippen LogP contribution >= 0.6 is 63.7 Å². The summed E-state index contributed by atoms with van der Waals surface area (Å²) in [6.45, 7) is 0. The Balaban J connectivity index is 2.00. The molecule has 2 aromatic rings. The van der Waals surface area contributed by atoms with Crippen LogP contribution in [0.25, 0.3) is 0 Å². The highest BCUT2D eigenvalue weighted by atomic mass is 79.9. The van der Waals surface area contributed by atoms with E-state index >= 15 is 0 Å². The lowest BCUT2D eigenvalue weighted by molar-refractivity contribution is -0.116. The number of anilines is 2. The summed E-state index contributed by atoms with van der Waals surface area (Å²) in [5.74, 6) is -0.0650. The van der Waals surface area contributed by atoms with Crippen molar-refractivity contribution in [3.63, 3.8) is 0 Å². The fraction of sp³-hybridized carbons (Fsp3) is 0.0714. The Labute approximate surface area is 155 Å². The Kier molecular flexibility index (Phi) is 4.45. The number of carbonyl (C=O) groups is 1. The highest BCUT2D eigenvalue weighted by Gasteiger charge is 2.31. The number of halogens is 4. The lowest BCUT2D eigenvalue weighted by Crippen LogP contribution is -2.20. The van der Waals surface area contributed by atoms with Gasteiger partial charge < -0.3 is 10.6 Å². The average Bonchev–Trinajstić information content (AvgIpc) is 2.69. The summed E-state index contributed by atoms with van der Waals surface area (Å²) in [6.07, 6.45) is 0. The molecule has 3 nitrogen and oxygen atoms in total. The largest absolute Gasteiger partial charge is 0.368 e. The van der Waals surface area contributed by atoms with Crippen molar-refractivity contribution in [2.45, 2.75) is 6.04 Å². The highest BCUT2D eigenvalue weighted by Crippen LogP contribution is 2.40. The summed E-state index contributed by atoms with van der Waals surface area (Å²) in [7, 11) is 0. The third kappa shape index (κ3) is 3.06. The quantitative estimate of drug-likeness (QED) is 0.503. The molecule has 0 bridgehead atoms. The standard InChI is InChI=1S/C14H8Br4N2O/c15-6-1-2-11-8(3-6)12(14(21)19-11)20-13-9(17)4-7(16)5-10(13)18/h1-5,12,20H,(H,19,21). The summed E-state index contributed by atoms with van der Waals surface area (Å²) < 4.78 is 3.64. The Morgan fingerprint density at radius 3 is 2.29 bits per heavy atom. The zero-order valence-corrected chi connectivity index (χ0v) is 16.7. The summed E-state index contributed by atoms with van der Waals surface area (Å²) in [5.41, 5.74) is 2.60. The van der Waals surface area contributed by atoms with E-state index in [9.17, 15) is 4.79 Å². The van der Waals surface area contributed by atoms with Crippen LogP contribution in [0.2, 0.25) is 0 Å². The van der Waals surface area contributed by atoms with Gasteiger partial charge in [-0.25, -0.2) is 0 Å². The van der Waals surface area contributed by atoms with E-state index in [-0.39, 0.29) is 5.91 Å². The van der Waals surface area contributed by atoms with E-state index < -0.39 is 6.04 Å². The first-order valence-corrected chi connectivity index (χ1v) is 9.14. The fourth-order valence-electron chi connectivity index (χ4n) is 2.20. The number of hydrogen-bond acceptors (Lipinski definition) is 2. The van der Waals surface area contributed by atoms with Crippen molar-refractivity contribution in [3.8, 4) is 0 Å². The third-order valence-electron chi connectivity index (χ3n) is 3.14. The first-order chi connectivity index (χ1) is 9.95. The normalized spacial score (nSPS) is 16.6. The number of fused-ring (bicyclic) bond motifs is 1. The first-order valence-electron chi connectivity index (χ1n) is 5.97. The minimum absolute atomic E-state index is 0.0650. The van der Waals surface area contributed by atoms with Crippen LogP contribution < -0.4 is 10.6 Å². The van der Waals surface area contributed by atoms with E-state index in [1.54, 1.807) is 0 Å². The van der Waals surface area contributed by atoms with Gasteiger partial charge >= 0.3 is 0 Å². The van der Waals surface area contributed by atoms with Gasteiger partial charge in [0.05, 0.1) is 5.69 Å². The summed E-state index contributed by atoms with van der Waals surface area (Å²) in [6, 6.07) is 9.19. The van der Waals surface area contributed by atoms with Gasteiger partial charge in [-0.15, -0.1) is 0 Å². The molecule has 1 aliphatic heterocycles. The van der Waals surface area contributed by atoms with Crippen LogP contribution in [0.4, 0.5) is 11.4 Å². The molecule has 0 aromatic heterocycles. The number of rotatable bonds is 2. The highest BCUT2D eigenvalue weighted by molar-refractivity contribution is 9.11. The second kappa shape index (κ2) is 6.02. The molecule has 3 rings (SSSR count). The minimum atomic E-state index is -0.425. The lowest BCUT2D eigenvalue weighted by atomic mass is 10.1. The predicted molar refractivity (Wildman–Crippen MR) is 98.7 cm³/mol. The Bertz CT molecular complexity index is 725. The minimum Gasteiger partial charge on any atom is -0.368 e. The van der Waals surface area contributed by atoms with E-state index in [1.165, 1.54) is 0 Å². The molecule has 21 heavy (non-hydrogen) atoms. The zero-order chi connectivity index (χ0) is 15.1. The maximum absolute atomic E-state index is 12.2. The zero-order valence-electron chi connectivity index (χ0n) is 10.4. The van der Waals surface area contributed by atoms with Gasteiger partial charge in [0, 0.05) is 29.1 Å². The van der Waals surface area contributed by atoms with Gasteiger partial charge in [-0.1, -0.05) is 31.9 Å². The molecule has 0 aliphatic carbocycles. The Morgan fingerprint density at radius 1 is 0.952 bits per heavy atom. The van der Waals surface area contributed by atoms with E-state index in [4.69, 9.17) is 0 Å². The summed E-state index contributed by atoms with van der Waals surface area (Å²) in [5, 5.41) is 6.17. The van der Waals surface area contributed by atoms with Crippen molar-refractivity contribution in [2.75, 3.05) is 10.6 Å². The number of nitrogens with one attached hydrogen (secondary N) is 2. The molecule has 1 aliphatic rings. The molecule has 1 atom stereocenters. The Morgan fingerprint density at radius 2 is 1.62 bits per heavy atom. The fourth-order valence-corrected chi connectivity index (χ4v) is 5.07. The van der Waals surface area contributed by atoms with Crippen molar-refractivity contribution >= 4 is 81.0 Å². The van der Waals surface area contributed by atoms with Crippen LogP contribution in [0.5, 0.6) is 0 Å². The SMILES string of the molecule is O=C1Nc2ccc(Br)cc2C1Nc1c(Br)cc(Br)cc1Br. The van der Waals surface area contributed by atoms with Crippen LogP contribution in [0.15, 0.2) is 48.2 Å². The molecule has 1 amide bonds. The van der Waals surface area contributed by atoms with Crippen LogP contribution in [0, 0.1) is 0 Å². The van der Waals surface area contributed by atoms with E-state index in [1.807, 2.05) is 30.3 Å². The molecule has 0 saturated heterocycles. The van der Waals surface area contributed by atoms with Crippen molar-refractivity contribution in [2.24, 2.45) is 0 Å². The number of amides is 1. The van der Waals surface area contributed by atoms with E-state index in [2.05, 4.69) is 74.4 Å². The van der Waals surface area contributed by atoms with E-state index in [0.29, 0.717) is 0 Å². The number of hydrogen-bond donors (Lipinski definition) is 2. The maximum atomic E-state index is 12.2. The lowest BCUT2D eigenvalue weighted by Gasteiger charge is -2.16. The van der Waals surface area contributed by atoms with Gasteiger partial charge in [-0.3, -0.25) is 4.79 Å². The molecule has 0 spiro atoms. The molecule has 2 N–H and O–H groups in total. The second-order valence-electron chi connectivity index (χ2n) is 4.54. The molecule has 0 saturated carbocycles. The smallest absolute Gasteiger partial charge is 0.251 e. The van der Waals surface area contributed by atoms with Crippen molar-refractivity contribution in [1.82, 2.24) is 0 Å². The van der Waals surface area contributed by atoms with Crippen molar-refractivity contribution < 1.29 is 4.79 Å². The molecule has 7 heteroatoms. The van der Waals surface area contributed by atoms with Crippen molar-refractivity contribution in [3.05, 3.63) is 53.8 Å². The van der Waals surface area contributed by atoms with Gasteiger partial charge in [0.1, 0.15) is 6.04 Å².